The highest BCUT2D eigenvalue weighted by Crippen LogP contribution is 2.41. The van der Waals surface area contributed by atoms with Crippen molar-refractivity contribution >= 4 is 28.9 Å². The number of aromatic nitrogens is 2. The van der Waals surface area contributed by atoms with Crippen molar-refractivity contribution in [2.75, 3.05) is 17.2 Å². The molecular formula is C24H27N5O2. The number of carbonyl (C=O) groups is 1. The summed E-state index contributed by atoms with van der Waals surface area (Å²) in [5.41, 5.74) is 7.82. The van der Waals surface area contributed by atoms with Crippen molar-refractivity contribution in [3.63, 3.8) is 0 Å². The molecule has 1 aromatic carbocycles. The van der Waals surface area contributed by atoms with Gasteiger partial charge in [0.05, 0.1) is 17.9 Å². The second-order valence-corrected chi connectivity index (χ2v) is 7.74. The maximum Gasteiger partial charge on any atom is 0.278 e. The second-order valence-electron chi connectivity index (χ2n) is 7.74. The molecule has 4 rings (SSSR count). The fourth-order valence-electron chi connectivity index (χ4n) is 3.39. The first kappa shape index (κ1) is 20.8. The molecule has 2 aromatic heterocycles. The number of hydrogen-bond donors (Lipinski definition) is 3. The van der Waals surface area contributed by atoms with E-state index in [9.17, 15) is 4.79 Å². The number of nitrogens with zero attached hydrogens (tertiary/aromatic N) is 2. The highest BCUT2D eigenvalue weighted by Gasteiger charge is 2.24. The first-order chi connectivity index (χ1) is 15.0. The van der Waals surface area contributed by atoms with Gasteiger partial charge in [-0.1, -0.05) is 18.2 Å². The number of pyridine rings is 2. The first-order valence-electron chi connectivity index (χ1n) is 10.5. The molecule has 1 aliphatic rings. The van der Waals surface area contributed by atoms with Crippen molar-refractivity contribution in [2.45, 2.75) is 39.5 Å². The van der Waals surface area contributed by atoms with Gasteiger partial charge in [0.2, 0.25) is 0 Å². The normalized spacial score (nSPS) is 13.0. The fourth-order valence-corrected chi connectivity index (χ4v) is 3.39. The summed E-state index contributed by atoms with van der Waals surface area (Å²) < 4.78 is 0. The number of hydrogen-bond acceptors (Lipinski definition) is 6. The number of anilines is 4. The summed E-state index contributed by atoms with van der Waals surface area (Å²) >= 11 is 0. The smallest absolute Gasteiger partial charge is 0.278 e. The molecule has 0 aliphatic heterocycles. The average molecular weight is 418 g/mol. The van der Waals surface area contributed by atoms with Crippen LogP contribution in [0.4, 0.5) is 23.0 Å². The first-order valence-corrected chi connectivity index (χ1v) is 10.5. The zero-order valence-corrected chi connectivity index (χ0v) is 18.0. The average Bonchev–Trinajstić information content (AvgIpc) is 3.59. The summed E-state index contributed by atoms with van der Waals surface area (Å²) in [6, 6.07) is 14.0. The molecule has 7 heteroatoms. The largest absolute Gasteiger partial charge is 0.354 e. The second kappa shape index (κ2) is 9.14. The van der Waals surface area contributed by atoms with E-state index in [1.54, 1.807) is 6.07 Å². The van der Waals surface area contributed by atoms with Gasteiger partial charge in [-0.15, -0.1) is 0 Å². The van der Waals surface area contributed by atoms with Gasteiger partial charge in [0.1, 0.15) is 11.6 Å². The summed E-state index contributed by atoms with van der Waals surface area (Å²) in [6.45, 7) is 6.19. The molecule has 0 unspecified atom stereocenters. The number of hydroxylamine groups is 1. The van der Waals surface area contributed by atoms with Crippen LogP contribution >= 0.6 is 0 Å². The monoisotopic (exact) mass is 417 g/mol. The summed E-state index contributed by atoms with van der Waals surface area (Å²) in [7, 11) is 0. The van der Waals surface area contributed by atoms with Crippen molar-refractivity contribution < 1.29 is 9.63 Å². The molecule has 1 aliphatic carbocycles. The lowest BCUT2D eigenvalue weighted by Gasteiger charge is -2.16. The number of benzene rings is 1. The fraction of sp³-hybridized carbons (Fsp3) is 0.292. The van der Waals surface area contributed by atoms with Crippen LogP contribution in [0.1, 0.15) is 52.9 Å². The molecule has 1 saturated carbocycles. The highest BCUT2D eigenvalue weighted by molar-refractivity contribution is 6.00. The Labute approximate surface area is 182 Å². The van der Waals surface area contributed by atoms with Gasteiger partial charge in [-0.2, -0.15) is 0 Å². The van der Waals surface area contributed by atoms with E-state index in [0.717, 1.165) is 16.9 Å². The van der Waals surface area contributed by atoms with Crippen molar-refractivity contribution in [1.82, 2.24) is 15.4 Å². The molecule has 2 heterocycles. The number of nitrogens with one attached hydrogen (secondary N) is 3. The summed E-state index contributed by atoms with van der Waals surface area (Å²) in [5.74, 6) is 1.61. The van der Waals surface area contributed by atoms with E-state index in [-0.39, 0.29) is 5.91 Å². The van der Waals surface area contributed by atoms with Crippen molar-refractivity contribution in [3.05, 3.63) is 71.0 Å². The Morgan fingerprint density at radius 2 is 1.90 bits per heavy atom. The molecule has 0 radical (unpaired) electrons. The highest BCUT2D eigenvalue weighted by atomic mass is 16.6. The molecule has 31 heavy (non-hydrogen) atoms. The van der Waals surface area contributed by atoms with E-state index in [4.69, 9.17) is 4.84 Å². The zero-order chi connectivity index (χ0) is 21.8. The summed E-state index contributed by atoms with van der Waals surface area (Å²) in [5, 5.41) is 6.61. The lowest BCUT2D eigenvalue weighted by molar-refractivity contribution is 0.0365. The maximum atomic E-state index is 12.6. The summed E-state index contributed by atoms with van der Waals surface area (Å²) in [6.07, 6.45) is 4.06. The number of amides is 1. The minimum Gasteiger partial charge on any atom is -0.354 e. The van der Waals surface area contributed by atoms with Crippen LogP contribution in [0.2, 0.25) is 0 Å². The van der Waals surface area contributed by atoms with Crippen LogP contribution in [0.3, 0.4) is 0 Å². The van der Waals surface area contributed by atoms with E-state index in [2.05, 4.69) is 51.2 Å². The number of carbonyl (C=O) groups excluding carboxylic acids is 1. The van der Waals surface area contributed by atoms with Gasteiger partial charge >= 0.3 is 0 Å². The molecule has 3 N–H and O–H groups in total. The van der Waals surface area contributed by atoms with Crippen molar-refractivity contribution in [1.29, 1.82) is 0 Å². The van der Waals surface area contributed by atoms with Gasteiger partial charge < -0.3 is 10.6 Å². The Morgan fingerprint density at radius 1 is 1.06 bits per heavy atom. The number of aryl methyl sites for hydroxylation is 2. The van der Waals surface area contributed by atoms with Gasteiger partial charge in [-0.25, -0.2) is 15.4 Å². The molecule has 0 spiro atoms. The van der Waals surface area contributed by atoms with Gasteiger partial charge in [-0.05, 0) is 68.9 Å². The summed E-state index contributed by atoms with van der Waals surface area (Å²) in [4.78, 5) is 26.6. The van der Waals surface area contributed by atoms with E-state index in [1.165, 1.54) is 24.6 Å². The zero-order valence-electron chi connectivity index (χ0n) is 18.0. The van der Waals surface area contributed by atoms with Gasteiger partial charge in [0, 0.05) is 23.6 Å². The number of rotatable bonds is 8. The Hall–Kier alpha value is -3.45. The third-order valence-corrected chi connectivity index (χ3v) is 5.17. The molecule has 0 atom stereocenters. The van der Waals surface area contributed by atoms with Crippen molar-refractivity contribution in [2.24, 2.45) is 0 Å². The van der Waals surface area contributed by atoms with Crippen LogP contribution in [-0.2, 0) is 4.84 Å². The van der Waals surface area contributed by atoms with Crippen molar-refractivity contribution in [3.8, 4) is 0 Å². The quantitative estimate of drug-likeness (QED) is 0.440. The van der Waals surface area contributed by atoms with Gasteiger partial charge in [-0.3, -0.25) is 9.63 Å². The molecule has 0 bridgehead atoms. The van der Waals surface area contributed by atoms with Gasteiger partial charge in [0.25, 0.3) is 5.91 Å². The van der Waals surface area contributed by atoms with Gasteiger partial charge in [0.15, 0.2) is 0 Å². The van der Waals surface area contributed by atoms with E-state index >= 15 is 0 Å². The minimum atomic E-state index is -0.357. The molecule has 160 valence electrons. The predicted octanol–water partition coefficient (Wildman–Crippen LogP) is 5.14. The standard InChI is InChI=1S/C24H27N5O2/c1-4-31-29-24(30)19-14-25-23(28-22-7-5-6-16(3)26-22)13-21(19)27-20-11-10-18(12-15(20)2)17-8-9-17/h5-7,10-14,17H,4,8-9H2,1-3H3,(H,29,30)(H2,25,26,27,28). The maximum absolute atomic E-state index is 12.6. The van der Waals surface area contributed by atoms with E-state index in [1.807, 2.05) is 32.0 Å². The molecule has 0 saturated heterocycles. The van der Waals surface area contributed by atoms with Crippen LogP contribution in [0.15, 0.2) is 48.7 Å². The Kier molecular flexibility index (Phi) is 6.13. The van der Waals surface area contributed by atoms with Crippen LogP contribution in [0.25, 0.3) is 0 Å². The SMILES string of the molecule is CCONC(=O)c1cnc(Nc2cccc(C)n2)cc1Nc1ccc(C2CC2)cc1C. The van der Waals surface area contributed by atoms with E-state index in [0.29, 0.717) is 35.4 Å². The molecular weight excluding hydrogens is 390 g/mol. The Balaban J connectivity index is 1.63. The van der Waals surface area contributed by atoms with Crippen LogP contribution in [0, 0.1) is 13.8 Å². The van der Waals surface area contributed by atoms with Crippen LogP contribution in [0.5, 0.6) is 0 Å². The van der Waals surface area contributed by atoms with Crippen LogP contribution < -0.4 is 16.1 Å². The predicted molar refractivity (Wildman–Crippen MR) is 122 cm³/mol. The van der Waals surface area contributed by atoms with E-state index < -0.39 is 0 Å². The minimum absolute atomic E-state index is 0.357. The molecule has 3 aromatic rings. The molecule has 1 amide bonds. The molecule has 7 nitrogen and oxygen atoms in total. The third kappa shape index (κ3) is 5.19. The Morgan fingerprint density at radius 3 is 2.61 bits per heavy atom. The third-order valence-electron chi connectivity index (χ3n) is 5.17. The lowest BCUT2D eigenvalue weighted by Crippen LogP contribution is -2.24. The lowest BCUT2D eigenvalue weighted by atomic mass is 10.1. The van der Waals surface area contributed by atoms with Crippen LogP contribution in [-0.4, -0.2) is 22.5 Å². The topological polar surface area (TPSA) is 88.2 Å². The Bertz CT molecular complexity index is 1100. The molecule has 1 fully saturated rings.